The smallest absolute Gasteiger partial charge is 0.325 e. The van der Waals surface area contributed by atoms with Crippen molar-refractivity contribution in [2.75, 3.05) is 7.11 Å². The third-order valence-corrected chi connectivity index (χ3v) is 5.12. The third-order valence-electron chi connectivity index (χ3n) is 4.71. The molecule has 1 N–H and O–H groups in total. The Bertz CT molecular complexity index is 1300. The van der Waals surface area contributed by atoms with Crippen molar-refractivity contribution < 1.29 is 18.7 Å². The van der Waals surface area contributed by atoms with Gasteiger partial charge >= 0.3 is 11.9 Å². The first-order valence-electron chi connectivity index (χ1n) is 9.15. The number of methoxy groups -OCH3 is 1. The molecule has 0 aliphatic rings. The molecular weight excluding hydrogens is 406 g/mol. The summed E-state index contributed by atoms with van der Waals surface area (Å²) < 4.78 is 11.9. The Morgan fingerprint density at radius 3 is 2.83 bits per heavy atom. The van der Waals surface area contributed by atoms with Gasteiger partial charge in [-0.05, 0) is 31.2 Å². The number of amides is 1. The highest BCUT2D eigenvalue weighted by Crippen LogP contribution is 2.29. The number of esters is 1. The Kier molecular flexibility index (Phi) is 5.29. The number of ether oxygens (including phenoxy) is 1. The molecule has 2 aromatic carbocycles. The third kappa shape index (κ3) is 3.67. The number of fused-ring (bicyclic) bond motifs is 2. The van der Waals surface area contributed by atoms with E-state index in [-0.39, 0.29) is 12.3 Å². The van der Waals surface area contributed by atoms with Gasteiger partial charge in [-0.15, -0.1) is 0 Å². The van der Waals surface area contributed by atoms with E-state index in [1.54, 1.807) is 10.6 Å². The van der Waals surface area contributed by atoms with E-state index < -0.39 is 11.9 Å². The van der Waals surface area contributed by atoms with Gasteiger partial charge in [-0.3, -0.25) is 9.59 Å². The number of nitrogens with one attached hydrogen (secondary N) is 1. The Labute approximate surface area is 176 Å². The maximum Gasteiger partial charge on any atom is 0.325 e. The number of carbonyl (C=O) groups excluding carboxylic acids is 2. The molecular formula is C22H18ClN3O4. The molecule has 4 aromatic rings. The number of hydrogen-bond acceptors (Lipinski definition) is 5. The number of halogens is 1. The van der Waals surface area contributed by atoms with E-state index in [1.165, 1.54) is 13.3 Å². The molecule has 2 heterocycles. The molecule has 0 saturated heterocycles. The fraction of sp³-hybridized carbons (Fsp3) is 0.136. The highest BCUT2D eigenvalue weighted by molar-refractivity contribution is 6.34. The average molecular weight is 424 g/mol. The van der Waals surface area contributed by atoms with E-state index in [0.717, 1.165) is 21.9 Å². The minimum Gasteiger partial charge on any atom is -0.468 e. The first kappa shape index (κ1) is 19.7. The SMILES string of the molecule is COC(=O)Cn1c(Cl)c(C=NNC(=O)c2cc3cc(C)ccc3o2)c2ccccc21. The summed E-state index contributed by atoms with van der Waals surface area (Å²) in [7, 11) is 1.32. The molecule has 2 aromatic heterocycles. The van der Waals surface area contributed by atoms with Crippen LogP contribution >= 0.6 is 11.6 Å². The predicted molar refractivity (Wildman–Crippen MR) is 115 cm³/mol. The Balaban J connectivity index is 1.59. The molecule has 0 saturated carbocycles. The van der Waals surface area contributed by atoms with Gasteiger partial charge in [0.2, 0.25) is 0 Å². The molecule has 152 valence electrons. The highest BCUT2D eigenvalue weighted by Gasteiger charge is 2.17. The van der Waals surface area contributed by atoms with Gasteiger partial charge < -0.3 is 13.7 Å². The summed E-state index contributed by atoms with van der Waals surface area (Å²) in [5.41, 5.74) is 5.49. The monoisotopic (exact) mass is 423 g/mol. The van der Waals surface area contributed by atoms with Crippen LogP contribution in [0.5, 0.6) is 0 Å². The van der Waals surface area contributed by atoms with Crippen LogP contribution in [0.3, 0.4) is 0 Å². The second-order valence-corrected chi connectivity index (χ2v) is 7.09. The first-order chi connectivity index (χ1) is 14.5. The molecule has 0 unspecified atom stereocenters. The molecule has 0 bridgehead atoms. The minimum atomic E-state index is -0.477. The number of carbonyl (C=O) groups is 2. The molecule has 0 radical (unpaired) electrons. The van der Waals surface area contributed by atoms with Crippen molar-refractivity contribution in [1.29, 1.82) is 0 Å². The van der Waals surface area contributed by atoms with Crippen LogP contribution in [-0.2, 0) is 16.1 Å². The number of aryl methyl sites for hydroxylation is 1. The lowest BCUT2D eigenvalue weighted by Crippen LogP contribution is -2.16. The molecule has 1 amide bonds. The summed E-state index contributed by atoms with van der Waals surface area (Å²) in [6, 6.07) is 14.7. The zero-order valence-corrected chi connectivity index (χ0v) is 17.1. The maximum atomic E-state index is 12.4. The van der Waals surface area contributed by atoms with Crippen molar-refractivity contribution in [2.45, 2.75) is 13.5 Å². The van der Waals surface area contributed by atoms with Gasteiger partial charge in [-0.2, -0.15) is 5.10 Å². The van der Waals surface area contributed by atoms with E-state index in [4.69, 9.17) is 20.8 Å². The van der Waals surface area contributed by atoms with Crippen LogP contribution in [0, 0.1) is 6.92 Å². The van der Waals surface area contributed by atoms with Crippen LogP contribution in [0.1, 0.15) is 21.7 Å². The number of hydrazone groups is 1. The average Bonchev–Trinajstić information content (AvgIpc) is 3.28. The van der Waals surface area contributed by atoms with Gasteiger partial charge in [0.05, 0.1) is 18.8 Å². The molecule has 0 spiro atoms. The largest absolute Gasteiger partial charge is 0.468 e. The molecule has 0 aliphatic carbocycles. The number of hydrogen-bond donors (Lipinski definition) is 1. The normalized spacial score (nSPS) is 11.4. The van der Waals surface area contributed by atoms with Gasteiger partial charge in [-0.1, -0.05) is 41.4 Å². The number of rotatable bonds is 5. The van der Waals surface area contributed by atoms with Gasteiger partial charge in [0.15, 0.2) is 5.76 Å². The van der Waals surface area contributed by atoms with Gasteiger partial charge in [0, 0.05) is 16.3 Å². The summed E-state index contributed by atoms with van der Waals surface area (Å²) in [5.74, 6) is -0.740. The van der Waals surface area contributed by atoms with E-state index >= 15 is 0 Å². The number of aromatic nitrogens is 1. The number of furan rings is 1. The lowest BCUT2D eigenvalue weighted by atomic mass is 10.2. The Hall–Kier alpha value is -3.58. The standard InChI is InChI=1S/C22H18ClN3O4/c1-13-7-8-18-14(9-13)10-19(30-18)22(28)25-24-11-16-15-5-3-4-6-17(15)26(21(16)23)12-20(27)29-2/h3-11H,12H2,1-2H3,(H,25,28). The van der Waals surface area contributed by atoms with E-state index in [1.807, 2.05) is 49.4 Å². The lowest BCUT2D eigenvalue weighted by molar-refractivity contribution is -0.141. The Morgan fingerprint density at radius 1 is 1.23 bits per heavy atom. The molecule has 4 rings (SSSR count). The van der Waals surface area contributed by atoms with Crippen LogP contribution in [0.2, 0.25) is 5.15 Å². The van der Waals surface area contributed by atoms with Crippen molar-refractivity contribution in [3.63, 3.8) is 0 Å². The zero-order valence-electron chi connectivity index (χ0n) is 16.3. The second-order valence-electron chi connectivity index (χ2n) is 6.73. The molecule has 0 fully saturated rings. The van der Waals surface area contributed by atoms with Gasteiger partial charge in [0.25, 0.3) is 0 Å². The Morgan fingerprint density at radius 2 is 2.03 bits per heavy atom. The molecule has 0 atom stereocenters. The molecule has 0 aliphatic heterocycles. The molecule has 8 heteroatoms. The fourth-order valence-corrected chi connectivity index (χ4v) is 3.56. The number of nitrogens with zero attached hydrogens (tertiary/aromatic N) is 2. The summed E-state index contributed by atoms with van der Waals surface area (Å²) in [4.78, 5) is 24.1. The minimum absolute atomic E-state index is 0.0333. The van der Waals surface area contributed by atoms with Crippen LogP contribution < -0.4 is 5.43 Å². The van der Waals surface area contributed by atoms with E-state index in [2.05, 4.69) is 10.5 Å². The van der Waals surface area contributed by atoms with Gasteiger partial charge in [0.1, 0.15) is 17.3 Å². The summed E-state index contributed by atoms with van der Waals surface area (Å²) >= 11 is 6.49. The lowest BCUT2D eigenvalue weighted by Gasteiger charge is -2.04. The summed E-state index contributed by atoms with van der Waals surface area (Å²) in [6.07, 6.45) is 1.45. The summed E-state index contributed by atoms with van der Waals surface area (Å²) in [6.45, 7) is 1.94. The molecule has 7 nitrogen and oxygen atoms in total. The van der Waals surface area contributed by atoms with Crippen LogP contribution in [0.4, 0.5) is 0 Å². The maximum absolute atomic E-state index is 12.4. The van der Waals surface area contributed by atoms with Crippen LogP contribution in [-0.4, -0.2) is 29.8 Å². The topological polar surface area (TPSA) is 85.8 Å². The highest BCUT2D eigenvalue weighted by atomic mass is 35.5. The van der Waals surface area contributed by atoms with E-state index in [0.29, 0.717) is 16.3 Å². The first-order valence-corrected chi connectivity index (χ1v) is 9.53. The van der Waals surface area contributed by atoms with Crippen molar-refractivity contribution in [3.8, 4) is 0 Å². The van der Waals surface area contributed by atoms with Crippen molar-refractivity contribution in [1.82, 2.24) is 9.99 Å². The van der Waals surface area contributed by atoms with E-state index in [9.17, 15) is 9.59 Å². The number of benzene rings is 2. The second kappa shape index (κ2) is 8.04. The summed E-state index contributed by atoms with van der Waals surface area (Å²) in [5, 5.41) is 5.99. The quantitative estimate of drug-likeness (QED) is 0.295. The van der Waals surface area contributed by atoms with Crippen LogP contribution in [0.15, 0.2) is 58.0 Å². The molecule has 30 heavy (non-hydrogen) atoms. The van der Waals surface area contributed by atoms with Crippen molar-refractivity contribution in [2.24, 2.45) is 5.10 Å². The van der Waals surface area contributed by atoms with Crippen molar-refractivity contribution in [3.05, 3.63) is 70.6 Å². The van der Waals surface area contributed by atoms with Gasteiger partial charge in [-0.25, -0.2) is 5.43 Å². The van der Waals surface area contributed by atoms with Crippen LogP contribution in [0.25, 0.3) is 21.9 Å². The zero-order chi connectivity index (χ0) is 21.3. The van der Waals surface area contributed by atoms with Crippen molar-refractivity contribution >= 4 is 51.6 Å². The number of para-hydroxylation sites is 1. The predicted octanol–water partition coefficient (Wildman–Crippen LogP) is 4.29. The fourth-order valence-electron chi connectivity index (χ4n) is 3.26.